The van der Waals surface area contributed by atoms with Gasteiger partial charge in [-0.15, -0.1) is 0 Å². The van der Waals surface area contributed by atoms with Gasteiger partial charge in [-0.1, -0.05) is 19.1 Å². The fraction of sp³-hybridized carbons (Fsp3) is 0.562. The Labute approximate surface area is 120 Å². The van der Waals surface area contributed by atoms with Gasteiger partial charge in [0.05, 0.1) is 12.7 Å². The highest BCUT2D eigenvalue weighted by molar-refractivity contribution is 5.39. The Hall–Kier alpha value is -1.73. The molecule has 0 amide bonds. The van der Waals surface area contributed by atoms with Crippen molar-refractivity contribution in [2.45, 2.75) is 32.2 Å². The summed E-state index contributed by atoms with van der Waals surface area (Å²) in [6, 6.07) is 10.0. The van der Waals surface area contributed by atoms with Crippen LogP contribution in [0.4, 0.5) is 0 Å². The second kappa shape index (κ2) is 6.62. The summed E-state index contributed by atoms with van der Waals surface area (Å²) in [5, 5.41) is 12.8. The van der Waals surface area contributed by atoms with Gasteiger partial charge in [0, 0.05) is 0 Å². The van der Waals surface area contributed by atoms with Gasteiger partial charge in [0.25, 0.3) is 0 Å². The first-order chi connectivity index (χ1) is 9.75. The van der Waals surface area contributed by atoms with Crippen molar-refractivity contribution in [1.29, 1.82) is 5.26 Å². The highest BCUT2D eigenvalue weighted by atomic mass is 16.5. The van der Waals surface area contributed by atoms with Crippen molar-refractivity contribution < 1.29 is 9.47 Å². The molecule has 1 N–H and O–H groups in total. The zero-order valence-electron chi connectivity index (χ0n) is 12.2. The van der Waals surface area contributed by atoms with Crippen LogP contribution in [0, 0.1) is 17.2 Å². The van der Waals surface area contributed by atoms with Crippen molar-refractivity contribution in [3.8, 4) is 17.6 Å². The van der Waals surface area contributed by atoms with Gasteiger partial charge in [-0.2, -0.15) is 5.26 Å². The maximum absolute atomic E-state index is 9.54. The summed E-state index contributed by atoms with van der Waals surface area (Å²) in [7, 11) is 0. The molecular formula is C16H22N2O2. The molecule has 4 heteroatoms. The first-order valence-corrected chi connectivity index (χ1v) is 7.26. The van der Waals surface area contributed by atoms with E-state index in [-0.39, 0.29) is 0 Å². The van der Waals surface area contributed by atoms with Gasteiger partial charge in [0.2, 0.25) is 0 Å². The van der Waals surface area contributed by atoms with Crippen molar-refractivity contribution in [2.24, 2.45) is 5.92 Å². The summed E-state index contributed by atoms with van der Waals surface area (Å²) in [4.78, 5) is 0. The highest BCUT2D eigenvalue weighted by Gasteiger charge is 2.46. The minimum Gasteiger partial charge on any atom is -0.490 e. The largest absolute Gasteiger partial charge is 0.490 e. The normalized spacial score (nSPS) is 17.1. The third-order valence-electron chi connectivity index (χ3n) is 3.57. The number of likely N-dealkylation sites (N-methyl/N-ethyl adjacent to an activating group) is 1. The van der Waals surface area contributed by atoms with Gasteiger partial charge in [0.1, 0.15) is 12.1 Å². The van der Waals surface area contributed by atoms with Gasteiger partial charge in [-0.05, 0) is 44.4 Å². The summed E-state index contributed by atoms with van der Waals surface area (Å²) in [5.41, 5.74) is -0.575. The molecule has 1 aliphatic rings. The molecule has 1 fully saturated rings. The van der Waals surface area contributed by atoms with Crippen molar-refractivity contribution in [3.63, 3.8) is 0 Å². The van der Waals surface area contributed by atoms with Crippen LogP contribution in [0.1, 0.15) is 26.7 Å². The molecule has 1 saturated carbocycles. The molecular weight excluding hydrogens is 252 g/mol. The lowest BCUT2D eigenvalue weighted by molar-refractivity contribution is 0.195. The lowest BCUT2D eigenvalue weighted by Crippen LogP contribution is -2.50. The molecule has 0 saturated heterocycles. The van der Waals surface area contributed by atoms with E-state index in [1.165, 1.54) is 0 Å². The number of nitriles is 1. The average molecular weight is 274 g/mol. The third-order valence-corrected chi connectivity index (χ3v) is 3.57. The number of para-hydroxylation sites is 2. The molecule has 4 nitrogen and oxygen atoms in total. The zero-order chi connectivity index (χ0) is 14.4. The summed E-state index contributed by atoms with van der Waals surface area (Å²) in [6.45, 7) is 5.67. The van der Waals surface area contributed by atoms with E-state index in [1.54, 1.807) is 0 Å². The molecule has 2 rings (SSSR count). The van der Waals surface area contributed by atoms with Crippen molar-refractivity contribution in [1.82, 2.24) is 5.32 Å². The Balaban J connectivity index is 2.08. The Morgan fingerprint density at radius 1 is 1.25 bits per heavy atom. The van der Waals surface area contributed by atoms with Gasteiger partial charge in [-0.3, -0.25) is 5.32 Å². The molecule has 0 heterocycles. The summed E-state index contributed by atoms with van der Waals surface area (Å²) in [6.07, 6.45) is 2.19. The molecule has 1 unspecified atom stereocenters. The predicted molar refractivity (Wildman–Crippen MR) is 77.9 cm³/mol. The number of hydrogen-bond acceptors (Lipinski definition) is 4. The van der Waals surface area contributed by atoms with Crippen molar-refractivity contribution in [2.75, 3.05) is 19.8 Å². The van der Waals surface area contributed by atoms with E-state index < -0.39 is 5.54 Å². The van der Waals surface area contributed by atoms with Crippen LogP contribution in [0.3, 0.4) is 0 Å². The molecule has 0 aromatic heterocycles. The highest BCUT2D eigenvalue weighted by Crippen LogP contribution is 2.40. The molecule has 1 atom stereocenters. The maximum Gasteiger partial charge on any atom is 0.161 e. The zero-order valence-corrected chi connectivity index (χ0v) is 12.2. The molecule has 0 spiro atoms. The molecule has 0 radical (unpaired) electrons. The van der Waals surface area contributed by atoms with Gasteiger partial charge >= 0.3 is 0 Å². The van der Waals surface area contributed by atoms with Gasteiger partial charge < -0.3 is 9.47 Å². The Bertz CT molecular complexity index is 480. The fourth-order valence-electron chi connectivity index (χ4n) is 2.40. The molecule has 1 aromatic rings. The molecule has 0 aliphatic heterocycles. The van der Waals surface area contributed by atoms with Crippen molar-refractivity contribution in [3.05, 3.63) is 24.3 Å². The van der Waals surface area contributed by atoms with E-state index in [1.807, 2.05) is 38.1 Å². The number of hydrogen-bond donors (Lipinski definition) is 1. The van der Waals surface area contributed by atoms with Crippen LogP contribution in [-0.2, 0) is 0 Å². The fourth-order valence-corrected chi connectivity index (χ4v) is 2.40. The van der Waals surface area contributed by atoms with Crippen LogP contribution >= 0.6 is 0 Å². The topological polar surface area (TPSA) is 54.3 Å². The second-order valence-electron chi connectivity index (χ2n) is 5.06. The number of benzene rings is 1. The molecule has 1 aliphatic carbocycles. The molecule has 1 aromatic carbocycles. The van der Waals surface area contributed by atoms with Crippen LogP contribution in [0.25, 0.3) is 0 Å². The van der Waals surface area contributed by atoms with E-state index in [9.17, 15) is 5.26 Å². The minimum atomic E-state index is -0.575. The Morgan fingerprint density at radius 2 is 1.90 bits per heavy atom. The predicted octanol–water partition coefficient (Wildman–Crippen LogP) is 2.75. The average Bonchev–Trinajstić information content (AvgIpc) is 3.30. The quantitative estimate of drug-likeness (QED) is 0.792. The minimum absolute atomic E-state index is 0.353. The number of ether oxygens (including phenoxy) is 2. The van der Waals surface area contributed by atoms with Crippen LogP contribution in [0.2, 0.25) is 0 Å². The summed E-state index contributed by atoms with van der Waals surface area (Å²) >= 11 is 0. The van der Waals surface area contributed by atoms with Crippen LogP contribution in [0.5, 0.6) is 11.5 Å². The van der Waals surface area contributed by atoms with E-state index in [2.05, 4.69) is 11.4 Å². The van der Waals surface area contributed by atoms with Gasteiger partial charge in [0.15, 0.2) is 11.5 Å². The van der Waals surface area contributed by atoms with E-state index in [4.69, 9.17) is 9.47 Å². The Kier molecular flexibility index (Phi) is 4.86. The second-order valence-corrected chi connectivity index (χ2v) is 5.06. The first-order valence-electron chi connectivity index (χ1n) is 7.26. The third kappa shape index (κ3) is 3.23. The van der Waals surface area contributed by atoms with Crippen LogP contribution in [0.15, 0.2) is 24.3 Å². The first kappa shape index (κ1) is 14.7. The van der Waals surface area contributed by atoms with Crippen LogP contribution < -0.4 is 14.8 Å². The maximum atomic E-state index is 9.54. The standard InChI is InChI=1S/C16H22N2O2/c1-3-18-16(11-17,13-9-10-13)12-20-15-8-6-5-7-14(15)19-4-2/h5-8,13,18H,3-4,9-10,12H2,1-2H3. The molecule has 108 valence electrons. The number of nitrogens with one attached hydrogen (secondary N) is 1. The summed E-state index contributed by atoms with van der Waals surface area (Å²) < 4.78 is 11.4. The summed E-state index contributed by atoms with van der Waals surface area (Å²) in [5.74, 6) is 1.83. The molecule has 20 heavy (non-hydrogen) atoms. The van der Waals surface area contributed by atoms with E-state index in [0.29, 0.717) is 24.9 Å². The SMILES string of the molecule is CCNC(C#N)(COc1ccccc1OCC)C1CC1. The number of nitrogens with zero attached hydrogens (tertiary/aromatic N) is 1. The molecule has 0 bridgehead atoms. The van der Waals surface area contributed by atoms with Crippen molar-refractivity contribution >= 4 is 0 Å². The van der Waals surface area contributed by atoms with Gasteiger partial charge in [-0.25, -0.2) is 0 Å². The van der Waals surface area contributed by atoms with Crippen LogP contribution in [-0.4, -0.2) is 25.3 Å². The van der Waals surface area contributed by atoms with E-state index >= 15 is 0 Å². The van der Waals surface area contributed by atoms with E-state index in [0.717, 1.165) is 25.1 Å². The Morgan fingerprint density at radius 3 is 2.40 bits per heavy atom. The number of rotatable bonds is 8. The smallest absolute Gasteiger partial charge is 0.161 e. The lowest BCUT2D eigenvalue weighted by Gasteiger charge is -2.27. The monoisotopic (exact) mass is 274 g/mol. The lowest BCUT2D eigenvalue weighted by atomic mass is 9.96.